The molecule has 0 aliphatic rings. The lowest BCUT2D eigenvalue weighted by molar-refractivity contribution is -0.0140. The first-order valence-electron chi connectivity index (χ1n) is 13.0. The van der Waals surface area contributed by atoms with Crippen molar-refractivity contribution in [1.82, 2.24) is 4.98 Å². The highest BCUT2D eigenvalue weighted by Crippen LogP contribution is 2.30. The highest BCUT2D eigenvalue weighted by atomic mass is 32.1. The lowest BCUT2D eigenvalue weighted by Crippen LogP contribution is -2.45. The molecule has 1 radical (unpaired) electrons. The van der Waals surface area contributed by atoms with Crippen LogP contribution >= 0.6 is 12.6 Å². The van der Waals surface area contributed by atoms with Crippen molar-refractivity contribution in [3.63, 3.8) is 0 Å². The first kappa shape index (κ1) is 32.6. The van der Waals surface area contributed by atoms with E-state index >= 15 is 0 Å². The molecule has 0 fully saturated rings. The molecule has 10 heteroatoms. The Balaban J connectivity index is 1.34. The summed E-state index contributed by atoms with van der Waals surface area (Å²) in [5.41, 5.74) is 1.59. The third kappa shape index (κ3) is 14.5. The van der Waals surface area contributed by atoms with E-state index in [1.54, 1.807) is 13.7 Å². The van der Waals surface area contributed by atoms with E-state index in [-0.39, 0.29) is 4.75 Å². The Morgan fingerprint density at radius 2 is 1.21 bits per heavy atom. The Morgan fingerprint density at radius 3 is 1.71 bits per heavy atom. The molecule has 0 unspecified atom stereocenters. The number of aromatic nitrogens is 1. The Bertz CT molecular complexity index is 851. The van der Waals surface area contributed by atoms with Crippen molar-refractivity contribution in [3.05, 3.63) is 54.2 Å². The summed E-state index contributed by atoms with van der Waals surface area (Å²) in [6, 6.07) is 13.8. The van der Waals surface area contributed by atoms with Crippen LogP contribution in [0.4, 0.5) is 0 Å². The first-order chi connectivity index (χ1) is 18.3. The van der Waals surface area contributed by atoms with E-state index in [9.17, 15) is 0 Å². The molecule has 2 rings (SSSR count). The number of rotatable bonds is 22. The molecular formula is C28H43BNO7S. The number of hydrogen-bond donors (Lipinski definition) is 1. The lowest BCUT2D eigenvalue weighted by Gasteiger charge is -2.38. The number of pyridine rings is 1. The predicted molar refractivity (Wildman–Crippen MR) is 153 cm³/mol. The molecular weight excluding hydrogens is 505 g/mol. The van der Waals surface area contributed by atoms with E-state index in [4.69, 9.17) is 33.1 Å². The van der Waals surface area contributed by atoms with E-state index in [0.717, 1.165) is 11.0 Å². The van der Waals surface area contributed by atoms with Gasteiger partial charge in [0.25, 0.3) is 0 Å². The molecule has 0 amide bonds. The molecule has 1 aromatic carbocycles. The zero-order valence-electron chi connectivity index (χ0n) is 23.2. The second kappa shape index (κ2) is 18.6. The molecule has 211 valence electrons. The maximum atomic E-state index is 5.89. The highest BCUT2D eigenvalue weighted by molar-refractivity contribution is 7.81. The maximum Gasteiger partial charge on any atom is 0.332 e. The summed E-state index contributed by atoms with van der Waals surface area (Å²) in [6.45, 7) is 13.7. The van der Waals surface area contributed by atoms with Crippen molar-refractivity contribution >= 4 is 25.6 Å². The molecule has 0 atom stereocenters. The van der Waals surface area contributed by atoms with E-state index in [1.807, 2.05) is 70.2 Å². The lowest BCUT2D eigenvalue weighted by atomic mass is 9.85. The zero-order valence-corrected chi connectivity index (χ0v) is 24.1. The van der Waals surface area contributed by atoms with Crippen LogP contribution in [0.25, 0.3) is 0 Å². The quantitative estimate of drug-likeness (QED) is 0.136. The highest BCUT2D eigenvalue weighted by Gasteiger charge is 2.34. The van der Waals surface area contributed by atoms with Gasteiger partial charge in [-0.1, -0.05) is 36.4 Å². The summed E-state index contributed by atoms with van der Waals surface area (Å²) >= 11 is 4.60. The summed E-state index contributed by atoms with van der Waals surface area (Å²) in [6.07, 6.45) is 1.71. The van der Waals surface area contributed by atoms with Gasteiger partial charge in [0, 0.05) is 10.9 Å². The van der Waals surface area contributed by atoms with Gasteiger partial charge in [-0.3, -0.25) is 0 Å². The molecule has 2 aromatic rings. The van der Waals surface area contributed by atoms with Gasteiger partial charge in [-0.2, -0.15) is 12.6 Å². The van der Waals surface area contributed by atoms with Gasteiger partial charge in [0.2, 0.25) is 5.88 Å². The molecule has 38 heavy (non-hydrogen) atoms. The fourth-order valence-electron chi connectivity index (χ4n) is 2.76. The Hall–Kier alpha value is -1.66. The van der Waals surface area contributed by atoms with Gasteiger partial charge in [0.1, 0.15) is 6.61 Å². The molecule has 0 saturated carbocycles. The number of thiol groups is 1. The average Bonchev–Trinajstić information content (AvgIpc) is 2.90. The molecule has 0 spiro atoms. The molecule has 1 heterocycles. The van der Waals surface area contributed by atoms with Gasteiger partial charge < -0.3 is 33.1 Å². The minimum Gasteiger partial charge on any atom is -0.475 e. The predicted octanol–water partition coefficient (Wildman–Crippen LogP) is 3.49. The number of nitrogens with zero attached hydrogens (tertiary/aromatic N) is 1. The molecule has 0 N–H and O–H groups in total. The van der Waals surface area contributed by atoms with Crippen LogP contribution in [-0.4, -0.2) is 88.9 Å². The summed E-state index contributed by atoms with van der Waals surface area (Å²) in [5.74, 6) is 0.539. The molecule has 0 aliphatic heterocycles. The minimum absolute atomic E-state index is 0.284. The normalized spacial score (nSPS) is 12.0. The van der Waals surface area contributed by atoms with Crippen LogP contribution in [-0.2, 0) is 34.9 Å². The van der Waals surface area contributed by atoms with Gasteiger partial charge >= 0.3 is 7.48 Å². The van der Waals surface area contributed by atoms with Crippen molar-refractivity contribution in [1.29, 1.82) is 0 Å². The number of benzene rings is 1. The van der Waals surface area contributed by atoms with Crippen molar-refractivity contribution in [2.24, 2.45) is 0 Å². The summed E-state index contributed by atoms with van der Waals surface area (Å²) in [5, 5.41) is 0. The Labute approximate surface area is 234 Å². The monoisotopic (exact) mass is 548 g/mol. The average molecular weight is 549 g/mol. The third-order valence-corrected chi connectivity index (χ3v) is 6.34. The van der Waals surface area contributed by atoms with Crippen molar-refractivity contribution in [2.75, 3.05) is 66.1 Å². The topological polar surface area (TPSA) is 77.5 Å². The summed E-state index contributed by atoms with van der Waals surface area (Å²) in [4.78, 5) is 4.30. The van der Waals surface area contributed by atoms with Crippen molar-refractivity contribution in [3.8, 4) is 5.88 Å². The van der Waals surface area contributed by atoms with Crippen LogP contribution in [0.2, 0.25) is 0 Å². The van der Waals surface area contributed by atoms with Gasteiger partial charge in [0.05, 0.1) is 71.7 Å². The van der Waals surface area contributed by atoms with E-state index in [2.05, 4.69) is 17.6 Å². The Morgan fingerprint density at radius 1 is 0.684 bits per heavy atom. The van der Waals surface area contributed by atoms with Crippen LogP contribution in [0.3, 0.4) is 0 Å². The fourth-order valence-corrected chi connectivity index (χ4v) is 2.81. The minimum atomic E-state index is -0.423. The van der Waals surface area contributed by atoms with Gasteiger partial charge in [-0.05, 0) is 44.8 Å². The molecule has 0 bridgehead atoms. The van der Waals surface area contributed by atoms with Crippen LogP contribution in [0.5, 0.6) is 5.88 Å². The number of hydrogen-bond acceptors (Lipinski definition) is 9. The molecule has 1 aromatic heterocycles. The van der Waals surface area contributed by atoms with Crippen LogP contribution in [0.15, 0.2) is 48.7 Å². The molecule has 0 saturated heterocycles. The molecule has 8 nitrogen and oxygen atoms in total. The zero-order chi connectivity index (χ0) is 27.5. The fraction of sp³-hybridized carbons (Fsp3) is 0.607. The van der Waals surface area contributed by atoms with Crippen LogP contribution < -0.4 is 10.2 Å². The second-order valence-corrected chi connectivity index (χ2v) is 10.7. The van der Waals surface area contributed by atoms with Crippen molar-refractivity contribution in [2.45, 2.75) is 44.6 Å². The first-order valence-corrected chi connectivity index (χ1v) is 13.5. The van der Waals surface area contributed by atoms with Crippen LogP contribution in [0.1, 0.15) is 33.3 Å². The summed E-state index contributed by atoms with van der Waals surface area (Å²) < 4.78 is 38.8. The van der Waals surface area contributed by atoms with E-state index in [1.165, 1.54) is 0 Å². The van der Waals surface area contributed by atoms with Crippen molar-refractivity contribution < 1.29 is 33.1 Å². The third-order valence-electron chi connectivity index (χ3n) is 5.80. The molecule has 0 aliphatic carbocycles. The Kier molecular flexibility index (Phi) is 15.9. The summed E-state index contributed by atoms with van der Waals surface area (Å²) in [7, 11) is 1.70. The second-order valence-electron chi connectivity index (χ2n) is 9.57. The van der Waals surface area contributed by atoms with Crippen LogP contribution in [0, 0.1) is 0 Å². The van der Waals surface area contributed by atoms with Gasteiger partial charge in [0.15, 0.2) is 0 Å². The SMILES string of the molecule is CC(C)(S)C(C)(C)O[B]c1ccc(OCCOCCOCCOCCOCCOCc2ccccc2)nc1. The maximum absolute atomic E-state index is 5.89. The standard InChI is InChI=1S/C28H43BNO7S/c1-27(2,28(3,4)38)37-29-25-10-11-26(30-22-25)36-21-20-34-17-16-32-13-12-31-14-15-33-18-19-35-23-24-8-6-5-7-9-24/h5-11,22,38H,12-21,23H2,1-4H3. The van der Waals surface area contributed by atoms with Gasteiger partial charge in [-0.25, -0.2) is 4.98 Å². The van der Waals surface area contributed by atoms with E-state index in [0.29, 0.717) is 78.6 Å². The smallest absolute Gasteiger partial charge is 0.332 e. The number of ether oxygens (including phenoxy) is 6. The van der Waals surface area contributed by atoms with E-state index < -0.39 is 5.60 Å². The van der Waals surface area contributed by atoms with Gasteiger partial charge in [-0.15, -0.1) is 0 Å². The largest absolute Gasteiger partial charge is 0.475 e.